The Kier molecular flexibility index (Phi) is 6.15. The van der Waals surface area contributed by atoms with Crippen molar-refractivity contribution in [1.82, 2.24) is 4.90 Å². The van der Waals surface area contributed by atoms with Crippen LogP contribution in [0.15, 0.2) is 24.3 Å². The van der Waals surface area contributed by atoms with Crippen LogP contribution >= 0.6 is 0 Å². The van der Waals surface area contributed by atoms with E-state index in [0.29, 0.717) is 6.54 Å². The van der Waals surface area contributed by atoms with E-state index >= 15 is 0 Å². The lowest BCUT2D eigenvalue weighted by atomic mass is 9.86. The van der Waals surface area contributed by atoms with E-state index in [0.717, 1.165) is 25.7 Å². The molecule has 2 rings (SSSR count). The fourth-order valence-corrected chi connectivity index (χ4v) is 2.82. The SMILES string of the molecule is CN(CC1CCCCC1O)C(=O)Nc1ccccc1OC(F)F. The molecule has 2 unspecified atom stereocenters. The summed E-state index contributed by atoms with van der Waals surface area (Å²) in [4.78, 5) is 13.7. The van der Waals surface area contributed by atoms with Crippen LogP contribution in [0.25, 0.3) is 0 Å². The second-order valence-corrected chi connectivity index (χ2v) is 5.80. The van der Waals surface area contributed by atoms with Gasteiger partial charge in [0.2, 0.25) is 0 Å². The van der Waals surface area contributed by atoms with Gasteiger partial charge in [-0.1, -0.05) is 25.0 Å². The van der Waals surface area contributed by atoms with Crippen LogP contribution in [0.2, 0.25) is 0 Å². The number of hydrogen-bond acceptors (Lipinski definition) is 3. The number of anilines is 1. The summed E-state index contributed by atoms with van der Waals surface area (Å²) < 4.78 is 29.1. The first-order chi connectivity index (χ1) is 11.0. The number of hydrogen-bond donors (Lipinski definition) is 2. The Morgan fingerprint density at radius 2 is 2.09 bits per heavy atom. The van der Waals surface area contributed by atoms with Gasteiger partial charge in [0, 0.05) is 19.5 Å². The van der Waals surface area contributed by atoms with E-state index in [-0.39, 0.29) is 17.4 Å². The van der Waals surface area contributed by atoms with Crippen molar-refractivity contribution in [3.63, 3.8) is 0 Å². The van der Waals surface area contributed by atoms with Gasteiger partial charge in [-0.2, -0.15) is 8.78 Å². The Balaban J connectivity index is 1.95. The fraction of sp³-hybridized carbons (Fsp3) is 0.562. The summed E-state index contributed by atoms with van der Waals surface area (Å²) in [6.45, 7) is -2.53. The Labute approximate surface area is 134 Å². The maximum absolute atomic E-state index is 12.4. The molecule has 2 N–H and O–H groups in total. The van der Waals surface area contributed by atoms with Gasteiger partial charge in [0.25, 0.3) is 0 Å². The molecule has 0 heterocycles. The fourth-order valence-electron chi connectivity index (χ4n) is 2.82. The molecule has 1 aromatic carbocycles. The van der Waals surface area contributed by atoms with Gasteiger partial charge in [0.1, 0.15) is 5.75 Å². The number of carbonyl (C=O) groups is 1. The van der Waals surface area contributed by atoms with Crippen molar-refractivity contribution < 1.29 is 23.4 Å². The lowest BCUT2D eigenvalue weighted by Crippen LogP contribution is -2.40. The largest absolute Gasteiger partial charge is 0.433 e. The molecule has 1 fully saturated rings. The Morgan fingerprint density at radius 1 is 1.39 bits per heavy atom. The molecule has 0 aromatic heterocycles. The van der Waals surface area contributed by atoms with Gasteiger partial charge in [-0.3, -0.25) is 0 Å². The summed E-state index contributed by atoms with van der Waals surface area (Å²) in [6, 6.07) is 5.62. The summed E-state index contributed by atoms with van der Waals surface area (Å²) in [6.07, 6.45) is 3.29. The molecule has 1 aromatic rings. The normalized spacial score (nSPS) is 21.1. The van der Waals surface area contributed by atoms with Crippen molar-refractivity contribution in [2.24, 2.45) is 5.92 Å². The number of benzene rings is 1. The lowest BCUT2D eigenvalue weighted by molar-refractivity contribution is -0.0493. The number of aliphatic hydroxyl groups is 1. The van der Waals surface area contributed by atoms with Gasteiger partial charge in [0.05, 0.1) is 11.8 Å². The van der Waals surface area contributed by atoms with E-state index in [4.69, 9.17) is 0 Å². The van der Waals surface area contributed by atoms with Gasteiger partial charge >= 0.3 is 12.6 Å². The molecule has 0 bridgehead atoms. The first-order valence-corrected chi connectivity index (χ1v) is 7.71. The topological polar surface area (TPSA) is 61.8 Å². The van der Waals surface area contributed by atoms with Crippen LogP contribution in [0.3, 0.4) is 0 Å². The standard InChI is InChI=1S/C16H22F2N2O3/c1-20(10-11-6-2-4-8-13(11)21)16(22)19-12-7-3-5-9-14(12)23-15(17)18/h3,5,7,9,11,13,15,21H,2,4,6,8,10H2,1H3,(H,19,22). The number of aliphatic hydroxyl groups excluding tert-OH is 1. The zero-order valence-electron chi connectivity index (χ0n) is 13.0. The second kappa shape index (κ2) is 8.10. The number of amides is 2. The first-order valence-electron chi connectivity index (χ1n) is 7.71. The van der Waals surface area contributed by atoms with Gasteiger partial charge in [-0.25, -0.2) is 4.79 Å². The number of para-hydroxylation sites is 2. The van der Waals surface area contributed by atoms with Crippen LogP contribution in [-0.4, -0.2) is 42.3 Å². The zero-order chi connectivity index (χ0) is 16.8. The Hall–Kier alpha value is -1.89. The molecule has 1 aliphatic rings. The van der Waals surface area contributed by atoms with E-state index in [9.17, 15) is 18.7 Å². The molecule has 1 aliphatic carbocycles. The summed E-state index contributed by atoms with van der Waals surface area (Å²) in [7, 11) is 1.62. The second-order valence-electron chi connectivity index (χ2n) is 5.80. The van der Waals surface area contributed by atoms with Crippen molar-refractivity contribution >= 4 is 11.7 Å². The van der Waals surface area contributed by atoms with Gasteiger partial charge in [-0.15, -0.1) is 0 Å². The van der Waals surface area contributed by atoms with Crippen molar-refractivity contribution in [2.75, 3.05) is 18.9 Å². The number of carbonyl (C=O) groups excluding carboxylic acids is 1. The van der Waals surface area contributed by atoms with E-state index in [1.165, 1.54) is 17.0 Å². The number of alkyl halides is 2. The molecule has 0 spiro atoms. The molecule has 5 nitrogen and oxygen atoms in total. The average Bonchev–Trinajstić information content (AvgIpc) is 2.51. The third kappa shape index (κ3) is 5.06. The number of halogens is 2. The predicted octanol–water partition coefficient (Wildman–Crippen LogP) is 3.30. The Morgan fingerprint density at radius 3 is 2.78 bits per heavy atom. The summed E-state index contributed by atoms with van der Waals surface area (Å²) in [5, 5.41) is 12.5. The van der Waals surface area contributed by atoms with Crippen LogP contribution in [0.1, 0.15) is 25.7 Å². The average molecular weight is 328 g/mol. The lowest BCUT2D eigenvalue weighted by Gasteiger charge is -2.31. The molecule has 0 aliphatic heterocycles. The maximum atomic E-state index is 12.4. The van der Waals surface area contributed by atoms with E-state index in [1.807, 2.05) is 0 Å². The van der Waals surface area contributed by atoms with Crippen molar-refractivity contribution in [1.29, 1.82) is 0 Å². The quantitative estimate of drug-likeness (QED) is 0.872. The molecule has 23 heavy (non-hydrogen) atoms. The molecule has 1 saturated carbocycles. The summed E-state index contributed by atoms with van der Waals surface area (Å²) >= 11 is 0. The van der Waals surface area contributed by atoms with Crippen molar-refractivity contribution in [3.8, 4) is 5.75 Å². The van der Waals surface area contributed by atoms with Crippen LogP contribution < -0.4 is 10.1 Å². The smallest absolute Gasteiger partial charge is 0.387 e. The van der Waals surface area contributed by atoms with Crippen molar-refractivity contribution in [2.45, 2.75) is 38.4 Å². The molecular formula is C16H22F2N2O3. The van der Waals surface area contributed by atoms with E-state index in [1.54, 1.807) is 19.2 Å². The molecule has 128 valence electrons. The van der Waals surface area contributed by atoms with Crippen LogP contribution in [0.5, 0.6) is 5.75 Å². The third-order valence-corrected chi connectivity index (χ3v) is 4.07. The molecule has 2 atom stereocenters. The maximum Gasteiger partial charge on any atom is 0.387 e. The minimum absolute atomic E-state index is 0.0482. The van der Waals surface area contributed by atoms with Crippen LogP contribution in [0, 0.1) is 5.92 Å². The minimum Gasteiger partial charge on any atom is -0.433 e. The highest BCUT2D eigenvalue weighted by molar-refractivity contribution is 5.90. The zero-order valence-corrected chi connectivity index (χ0v) is 13.0. The minimum atomic E-state index is -2.96. The summed E-state index contributed by atoms with van der Waals surface area (Å²) in [5.74, 6) is -0.0333. The highest BCUT2D eigenvalue weighted by atomic mass is 19.3. The number of nitrogens with one attached hydrogen (secondary N) is 1. The highest BCUT2D eigenvalue weighted by Crippen LogP contribution is 2.27. The van der Waals surface area contributed by atoms with Crippen LogP contribution in [-0.2, 0) is 0 Å². The number of nitrogens with zero attached hydrogens (tertiary/aromatic N) is 1. The monoisotopic (exact) mass is 328 g/mol. The van der Waals surface area contributed by atoms with Crippen molar-refractivity contribution in [3.05, 3.63) is 24.3 Å². The summed E-state index contributed by atoms with van der Waals surface area (Å²) in [5.41, 5.74) is 0.189. The first kappa shape index (κ1) is 17.5. The molecular weight excluding hydrogens is 306 g/mol. The van der Waals surface area contributed by atoms with E-state index in [2.05, 4.69) is 10.1 Å². The molecule has 7 heteroatoms. The van der Waals surface area contributed by atoms with Gasteiger partial charge in [0.15, 0.2) is 0 Å². The molecule has 0 saturated heterocycles. The third-order valence-electron chi connectivity index (χ3n) is 4.07. The van der Waals surface area contributed by atoms with Crippen LogP contribution in [0.4, 0.5) is 19.3 Å². The highest BCUT2D eigenvalue weighted by Gasteiger charge is 2.26. The molecule has 2 amide bonds. The molecule has 0 radical (unpaired) electrons. The van der Waals surface area contributed by atoms with E-state index < -0.39 is 18.7 Å². The van der Waals surface area contributed by atoms with Gasteiger partial charge < -0.3 is 20.1 Å². The Bertz CT molecular complexity index is 528. The number of ether oxygens (including phenoxy) is 1. The van der Waals surface area contributed by atoms with Gasteiger partial charge in [-0.05, 0) is 25.0 Å². The number of urea groups is 1. The predicted molar refractivity (Wildman–Crippen MR) is 82.7 cm³/mol. The number of rotatable bonds is 5.